The highest BCUT2D eigenvalue weighted by molar-refractivity contribution is 5.73. The zero-order valence-electron chi connectivity index (χ0n) is 10.5. The molecule has 2 N–H and O–H groups in total. The molecule has 0 atom stereocenters. The van der Waals surface area contributed by atoms with E-state index in [2.05, 4.69) is 4.98 Å². The number of hydrogen-bond donors (Lipinski definition) is 1. The zero-order valence-corrected chi connectivity index (χ0v) is 10.5. The van der Waals surface area contributed by atoms with Gasteiger partial charge in [0.15, 0.2) is 5.82 Å². The quantitative estimate of drug-likeness (QED) is 0.902. The van der Waals surface area contributed by atoms with Crippen LogP contribution >= 0.6 is 0 Å². The Bertz CT molecular complexity index is 554. The van der Waals surface area contributed by atoms with Crippen LogP contribution in [0.1, 0.15) is 12.5 Å². The molecule has 1 aromatic carbocycles. The number of para-hydroxylation sites is 1. The molecule has 2 aromatic rings. The predicted octanol–water partition coefficient (Wildman–Crippen LogP) is 3.27. The molecule has 1 aromatic heterocycles. The van der Waals surface area contributed by atoms with Crippen molar-refractivity contribution in [2.45, 2.75) is 13.8 Å². The predicted molar refractivity (Wildman–Crippen MR) is 72.5 cm³/mol. The fourth-order valence-electron chi connectivity index (χ4n) is 1.88. The third-order valence-corrected chi connectivity index (χ3v) is 2.90. The van der Waals surface area contributed by atoms with E-state index in [0.29, 0.717) is 23.7 Å². The number of aryl methyl sites for hydroxylation is 1. The molecule has 18 heavy (non-hydrogen) atoms. The van der Waals surface area contributed by atoms with E-state index in [1.807, 2.05) is 19.9 Å². The smallest absolute Gasteiger partial charge is 0.156 e. The van der Waals surface area contributed by atoms with Gasteiger partial charge in [0.05, 0.1) is 11.4 Å². The van der Waals surface area contributed by atoms with Gasteiger partial charge in [-0.05, 0) is 37.6 Å². The standard InChI is InChI=1S/C14H16FN3/c1-3-18(12-7-5-4-6-11(12)15)14-13(16)10(2)8-9-17-14/h4-9H,3,16H2,1-2H3. The number of aromatic nitrogens is 1. The van der Waals surface area contributed by atoms with Gasteiger partial charge >= 0.3 is 0 Å². The third kappa shape index (κ3) is 2.14. The Hall–Kier alpha value is -2.10. The lowest BCUT2D eigenvalue weighted by Crippen LogP contribution is -2.20. The number of benzene rings is 1. The van der Waals surface area contributed by atoms with Crippen LogP contribution in [0, 0.1) is 12.7 Å². The first-order valence-electron chi connectivity index (χ1n) is 5.88. The number of nitrogens with two attached hydrogens (primary N) is 1. The molecule has 94 valence electrons. The molecule has 0 radical (unpaired) electrons. The van der Waals surface area contributed by atoms with Gasteiger partial charge in [0.2, 0.25) is 0 Å². The molecule has 0 amide bonds. The topological polar surface area (TPSA) is 42.2 Å². The Kier molecular flexibility index (Phi) is 3.46. The Balaban J connectivity index is 2.53. The number of nitrogen functional groups attached to an aromatic ring is 1. The van der Waals surface area contributed by atoms with E-state index in [1.54, 1.807) is 29.3 Å². The Labute approximate surface area is 106 Å². The van der Waals surface area contributed by atoms with Gasteiger partial charge in [0, 0.05) is 12.7 Å². The molecule has 1 heterocycles. The van der Waals surface area contributed by atoms with Crippen LogP contribution in [-0.2, 0) is 0 Å². The van der Waals surface area contributed by atoms with Crippen LogP contribution in [-0.4, -0.2) is 11.5 Å². The van der Waals surface area contributed by atoms with Crippen LogP contribution in [0.25, 0.3) is 0 Å². The third-order valence-electron chi connectivity index (χ3n) is 2.90. The monoisotopic (exact) mass is 245 g/mol. The summed E-state index contributed by atoms with van der Waals surface area (Å²) in [5, 5.41) is 0. The summed E-state index contributed by atoms with van der Waals surface area (Å²) in [7, 11) is 0. The van der Waals surface area contributed by atoms with Gasteiger partial charge in [0.1, 0.15) is 5.82 Å². The van der Waals surface area contributed by atoms with E-state index in [-0.39, 0.29) is 5.82 Å². The van der Waals surface area contributed by atoms with Gasteiger partial charge in [-0.15, -0.1) is 0 Å². The molecule has 0 aliphatic carbocycles. The van der Waals surface area contributed by atoms with E-state index in [0.717, 1.165) is 5.56 Å². The van der Waals surface area contributed by atoms with E-state index in [9.17, 15) is 4.39 Å². The second kappa shape index (κ2) is 5.04. The molecule has 2 rings (SSSR count). The number of hydrogen-bond acceptors (Lipinski definition) is 3. The molecule has 0 unspecified atom stereocenters. The summed E-state index contributed by atoms with van der Waals surface area (Å²) in [4.78, 5) is 6.04. The highest BCUT2D eigenvalue weighted by atomic mass is 19.1. The Morgan fingerprint density at radius 3 is 2.67 bits per heavy atom. The summed E-state index contributed by atoms with van der Waals surface area (Å²) in [6.07, 6.45) is 1.69. The molecular formula is C14H16FN3. The Morgan fingerprint density at radius 2 is 2.00 bits per heavy atom. The van der Waals surface area contributed by atoms with Crippen molar-refractivity contribution in [2.24, 2.45) is 0 Å². The van der Waals surface area contributed by atoms with Gasteiger partial charge in [-0.1, -0.05) is 12.1 Å². The SMILES string of the molecule is CCN(c1ccccc1F)c1nccc(C)c1N. The van der Waals surface area contributed by atoms with Gasteiger partial charge in [-0.3, -0.25) is 0 Å². The molecule has 0 spiro atoms. The van der Waals surface area contributed by atoms with Gasteiger partial charge in [0.25, 0.3) is 0 Å². The molecule has 4 heteroatoms. The number of anilines is 3. The lowest BCUT2D eigenvalue weighted by atomic mass is 10.2. The Morgan fingerprint density at radius 1 is 1.28 bits per heavy atom. The van der Waals surface area contributed by atoms with Crippen molar-refractivity contribution in [1.29, 1.82) is 0 Å². The van der Waals surface area contributed by atoms with E-state index in [4.69, 9.17) is 5.73 Å². The average molecular weight is 245 g/mol. The fraction of sp³-hybridized carbons (Fsp3) is 0.214. The normalized spacial score (nSPS) is 10.4. The van der Waals surface area contributed by atoms with Gasteiger partial charge < -0.3 is 10.6 Å². The van der Waals surface area contributed by atoms with E-state index >= 15 is 0 Å². The second-order valence-electron chi connectivity index (χ2n) is 4.06. The molecule has 0 aliphatic heterocycles. The minimum absolute atomic E-state index is 0.276. The van der Waals surface area contributed by atoms with Crippen molar-refractivity contribution in [1.82, 2.24) is 4.98 Å². The molecule has 0 bridgehead atoms. The first-order chi connectivity index (χ1) is 8.65. The van der Waals surface area contributed by atoms with Crippen LogP contribution in [0.15, 0.2) is 36.5 Å². The van der Waals surface area contributed by atoms with Crippen molar-refractivity contribution in [3.05, 3.63) is 47.9 Å². The van der Waals surface area contributed by atoms with Crippen LogP contribution in [0.5, 0.6) is 0 Å². The summed E-state index contributed by atoms with van der Waals surface area (Å²) in [6, 6.07) is 8.47. The van der Waals surface area contributed by atoms with E-state index in [1.165, 1.54) is 6.07 Å². The van der Waals surface area contributed by atoms with Crippen molar-refractivity contribution in [3.8, 4) is 0 Å². The first-order valence-corrected chi connectivity index (χ1v) is 5.88. The lowest BCUT2D eigenvalue weighted by molar-refractivity contribution is 0.625. The van der Waals surface area contributed by atoms with Crippen molar-refractivity contribution >= 4 is 17.2 Å². The van der Waals surface area contributed by atoms with Crippen LogP contribution in [0.2, 0.25) is 0 Å². The molecular weight excluding hydrogens is 229 g/mol. The number of pyridine rings is 1. The van der Waals surface area contributed by atoms with Crippen LogP contribution < -0.4 is 10.6 Å². The van der Waals surface area contributed by atoms with Gasteiger partial charge in [-0.25, -0.2) is 9.37 Å². The zero-order chi connectivity index (χ0) is 13.1. The summed E-state index contributed by atoms with van der Waals surface area (Å²) >= 11 is 0. The number of halogens is 1. The van der Waals surface area contributed by atoms with Gasteiger partial charge in [-0.2, -0.15) is 0 Å². The average Bonchev–Trinajstić information content (AvgIpc) is 2.37. The van der Waals surface area contributed by atoms with Crippen LogP contribution in [0.3, 0.4) is 0 Å². The first kappa shape index (κ1) is 12.4. The molecule has 3 nitrogen and oxygen atoms in total. The number of rotatable bonds is 3. The maximum Gasteiger partial charge on any atom is 0.156 e. The minimum Gasteiger partial charge on any atom is -0.396 e. The molecule has 0 aliphatic rings. The summed E-state index contributed by atoms with van der Waals surface area (Å²) in [5.41, 5.74) is 8.04. The highest BCUT2D eigenvalue weighted by Crippen LogP contribution is 2.31. The van der Waals surface area contributed by atoms with Crippen LogP contribution in [0.4, 0.5) is 21.6 Å². The number of nitrogens with zero attached hydrogens (tertiary/aromatic N) is 2. The fourth-order valence-corrected chi connectivity index (χ4v) is 1.88. The summed E-state index contributed by atoms with van der Waals surface area (Å²) in [6.45, 7) is 4.45. The second-order valence-corrected chi connectivity index (χ2v) is 4.06. The van der Waals surface area contributed by atoms with E-state index < -0.39 is 0 Å². The molecule has 0 saturated heterocycles. The summed E-state index contributed by atoms with van der Waals surface area (Å²) in [5.74, 6) is 0.324. The van der Waals surface area contributed by atoms with Crippen molar-refractivity contribution in [2.75, 3.05) is 17.2 Å². The van der Waals surface area contributed by atoms with Crippen molar-refractivity contribution in [3.63, 3.8) is 0 Å². The highest BCUT2D eigenvalue weighted by Gasteiger charge is 2.15. The minimum atomic E-state index is -0.276. The maximum absolute atomic E-state index is 13.8. The maximum atomic E-state index is 13.8. The molecule has 0 fully saturated rings. The molecule has 0 saturated carbocycles. The lowest BCUT2D eigenvalue weighted by Gasteiger charge is -2.24. The van der Waals surface area contributed by atoms with Crippen molar-refractivity contribution < 1.29 is 4.39 Å². The summed E-state index contributed by atoms with van der Waals surface area (Å²) < 4.78 is 13.8. The largest absolute Gasteiger partial charge is 0.396 e.